The van der Waals surface area contributed by atoms with Gasteiger partial charge in [0.25, 0.3) is 0 Å². The summed E-state index contributed by atoms with van der Waals surface area (Å²) in [5.74, 6) is -0.386. The first-order valence-corrected chi connectivity index (χ1v) is 13.1. The summed E-state index contributed by atoms with van der Waals surface area (Å²) in [6, 6.07) is 28.5. The van der Waals surface area contributed by atoms with E-state index in [2.05, 4.69) is 26.1 Å². The lowest BCUT2D eigenvalue weighted by molar-refractivity contribution is -0.135. The maximum absolute atomic E-state index is 13.8. The predicted octanol–water partition coefficient (Wildman–Crippen LogP) is 6.44. The van der Waals surface area contributed by atoms with Gasteiger partial charge in [0.1, 0.15) is 5.82 Å². The molecule has 2 amide bonds. The molecule has 3 aromatic carbocycles. The zero-order valence-electron chi connectivity index (χ0n) is 22.2. The number of nitrogens with zero attached hydrogens (tertiary/aromatic N) is 3. The summed E-state index contributed by atoms with van der Waals surface area (Å²) < 4.78 is 1.70. The van der Waals surface area contributed by atoms with E-state index in [1.807, 2.05) is 85.8 Å². The van der Waals surface area contributed by atoms with E-state index in [4.69, 9.17) is 16.7 Å². The topological polar surface area (TPSA) is 67.2 Å². The van der Waals surface area contributed by atoms with Gasteiger partial charge in [0.05, 0.1) is 23.8 Å². The van der Waals surface area contributed by atoms with Crippen molar-refractivity contribution in [3.05, 3.63) is 113 Å². The standard InChI is InChI=1S/C31H33ClN4O2/c1-5-35(30(38)29(22-12-8-6-9-13-22)23-14-10-7-11-15-23)21-28(37)33-27-20-26(31(2,3)4)34-36(27)25-18-16-24(32)17-19-25/h6-20,29H,5,21H2,1-4H3,(H,33,37). The van der Waals surface area contributed by atoms with Gasteiger partial charge in [-0.3, -0.25) is 9.59 Å². The first-order chi connectivity index (χ1) is 18.2. The molecule has 4 aromatic rings. The summed E-state index contributed by atoms with van der Waals surface area (Å²) in [7, 11) is 0. The highest BCUT2D eigenvalue weighted by molar-refractivity contribution is 6.30. The maximum atomic E-state index is 13.8. The molecule has 1 aromatic heterocycles. The average Bonchev–Trinajstić information content (AvgIpc) is 3.33. The van der Waals surface area contributed by atoms with E-state index in [0.717, 1.165) is 22.5 Å². The van der Waals surface area contributed by atoms with E-state index >= 15 is 0 Å². The Morgan fingerprint density at radius 2 is 1.47 bits per heavy atom. The molecule has 38 heavy (non-hydrogen) atoms. The molecule has 7 heteroatoms. The van der Waals surface area contributed by atoms with Crippen molar-refractivity contribution in [1.82, 2.24) is 14.7 Å². The van der Waals surface area contributed by atoms with Crippen LogP contribution in [0.5, 0.6) is 0 Å². The smallest absolute Gasteiger partial charge is 0.245 e. The van der Waals surface area contributed by atoms with Gasteiger partial charge in [0, 0.05) is 23.0 Å². The molecule has 0 spiro atoms. The van der Waals surface area contributed by atoms with Gasteiger partial charge in [-0.25, -0.2) is 4.68 Å². The fourth-order valence-electron chi connectivity index (χ4n) is 4.27. The Morgan fingerprint density at radius 3 is 1.97 bits per heavy atom. The van der Waals surface area contributed by atoms with Gasteiger partial charge in [-0.1, -0.05) is 93.0 Å². The molecule has 0 aliphatic carbocycles. The summed E-state index contributed by atoms with van der Waals surface area (Å²) in [4.78, 5) is 28.7. The second-order valence-electron chi connectivity index (χ2n) is 10.2. The molecule has 0 saturated heterocycles. The van der Waals surface area contributed by atoms with E-state index in [-0.39, 0.29) is 23.8 Å². The van der Waals surface area contributed by atoms with E-state index < -0.39 is 5.92 Å². The summed E-state index contributed by atoms with van der Waals surface area (Å²) in [6.07, 6.45) is 0. The Balaban J connectivity index is 1.59. The lowest BCUT2D eigenvalue weighted by Gasteiger charge is -2.26. The number of benzene rings is 3. The molecule has 196 valence electrons. The van der Waals surface area contributed by atoms with Crippen molar-refractivity contribution in [2.45, 2.75) is 39.0 Å². The van der Waals surface area contributed by atoms with Crippen LogP contribution in [0.2, 0.25) is 5.02 Å². The molecule has 0 atom stereocenters. The summed E-state index contributed by atoms with van der Waals surface area (Å²) in [5.41, 5.74) is 3.16. The van der Waals surface area contributed by atoms with E-state index in [1.165, 1.54) is 0 Å². The molecule has 0 radical (unpaired) electrons. The fourth-order valence-corrected chi connectivity index (χ4v) is 4.39. The molecular weight excluding hydrogens is 496 g/mol. The Morgan fingerprint density at radius 1 is 0.921 bits per heavy atom. The van der Waals surface area contributed by atoms with Crippen LogP contribution in [0.4, 0.5) is 5.82 Å². The Bertz CT molecular complexity index is 1340. The van der Waals surface area contributed by atoms with E-state index in [9.17, 15) is 9.59 Å². The minimum absolute atomic E-state index is 0.0812. The van der Waals surface area contributed by atoms with Gasteiger partial charge in [0.2, 0.25) is 11.8 Å². The highest BCUT2D eigenvalue weighted by atomic mass is 35.5. The SMILES string of the molecule is CCN(CC(=O)Nc1cc(C(C)(C)C)nn1-c1ccc(Cl)cc1)C(=O)C(c1ccccc1)c1ccccc1. The zero-order valence-corrected chi connectivity index (χ0v) is 22.9. The number of halogens is 1. The number of carbonyl (C=O) groups is 2. The number of aromatic nitrogens is 2. The normalized spacial score (nSPS) is 11.4. The molecule has 4 rings (SSSR count). The molecule has 0 fully saturated rings. The van der Waals surface area contributed by atoms with Crippen LogP contribution < -0.4 is 5.32 Å². The van der Waals surface area contributed by atoms with Crippen LogP contribution >= 0.6 is 11.6 Å². The third-order valence-electron chi connectivity index (χ3n) is 6.36. The summed E-state index contributed by atoms with van der Waals surface area (Å²) in [6.45, 7) is 8.40. The number of rotatable bonds is 8. The van der Waals surface area contributed by atoms with Crippen LogP contribution in [0.3, 0.4) is 0 Å². The molecule has 1 N–H and O–H groups in total. The van der Waals surface area contributed by atoms with Crippen molar-refractivity contribution in [2.24, 2.45) is 0 Å². The number of nitrogens with one attached hydrogen (secondary N) is 1. The first kappa shape index (κ1) is 27.1. The van der Waals surface area contributed by atoms with Crippen LogP contribution in [-0.2, 0) is 15.0 Å². The van der Waals surface area contributed by atoms with Gasteiger partial charge < -0.3 is 10.2 Å². The Labute approximate surface area is 229 Å². The third-order valence-corrected chi connectivity index (χ3v) is 6.61. The predicted molar refractivity (Wildman–Crippen MR) is 153 cm³/mol. The minimum Gasteiger partial charge on any atom is -0.333 e. The van der Waals surface area contributed by atoms with Crippen molar-refractivity contribution >= 4 is 29.2 Å². The van der Waals surface area contributed by atoms with E-state index in [1.54, 1.807) is 21.7 Å². The van der Waals surface area contributed by atoms with Crippen molar-refractivity contribution in [2.75, 3.05) is 18.4 Å². The van der Waals surface area contributed by atoms with Crippen molar-refractivity contribution in [3.8, 4) is 5.69 Å². The van der Waals surface area contributed by atoms with Gasteiger partial charge in [-0.05, 0) is 42.3 Å². The van der Waals surface area contributed by atoms with Crippen LogP contribution in [0, 0.1) is 0 Å². The quantitative estimate of drug-likeness (QED) is 0.286. The number of hydrogen-bond acceptors (Lipinski definition) is 3. The molecular formula is C31H33ClN4O2. The average molecular weight is 529 g/mol. The van der Waals surface area contributed by atoms with E-state index in [0.29, 0.717) is 17.4 Å². The summed E-state index contributed by atoms with van der Waals surface area (Å²) >= 11 is 6.08. The summed E-state index contributed by atoms with van der Waals surface area (Å²) in [5, 5.41) is 8.36. The number of likely N-dealkylation sites (N-methyl/N-ethyl adjacent to an activating group) is 1. The molecule has 1 heterocycles. The molecule has 6 nitrogen and oxygen atoms in total. The van der Waals surface area contributed by atoms with Crippen molar-refractivity contribution < 1.29 is 9.59 Å². The van der Waals surface area contributed by atoms with Gasteiger partial charge >= 0.3 is 0 Å². The van der Waals surface area contributed by atoms with Gasteiger partial charge in [0.15, 0.2) is 0 Å². The molecule has 0 unspecified atom stereocenters. The molecule has 0 aliphatic heterocycles. The van der Waals surface area contributed by atoms with Crippen LogP contribution in [0.15, 0.2) is 91.0 Å². The number of anilines is 1. The van der Waals surface area contributed by atoms with Crippen LogP contribution in [0.25, 0.3) is 5.69 Å². The zero-order chi connectivity index (χ0) is 27.3. The van der Waals surface area contributed by atoms with Crippen molar-refractivity contribution in [1.29, 1.82) is 0 Å². The number of hydrogen-bond donors (Lipinski definition) is 1. The monoisotopic (exact) mass is 528 g/mol. The fraction of sp³-hybridized carbons (Fsp3) is 0.258. The lowest BCUT2D eigenvalue weighted by atomic mass is 9.90. The highest BCUT2D eigenvalue weighted by Gasteiger charge is 2.28. The first-order valence-electron chi connectivity index (χ1n) is 12.7. The lowest BCUT2D eigenvalue weighted by Crippen LogP contribution is -2.41. The van der Waals surface area contributed by atoms with Gasteiger partial charge in [-0.15, -0.1) is 0 Å². The molecule has 0 aliphatic rings. The van der Waals surface area contributed by atoms with Gasteiger partial charge in [-0.2, -0.15) is 5.10 Å². The molecule has 0 bridgehead atoms. The third kappa shape index (κ3) is 6.32. The largest absolute Gasteiger partial charge is 0.333 e. The van der Waals surface area contributed by atoms with Crippen molar-refractivity contribution in [3.63, 3.8) is 0 Å². The van der Waals surface area contributed by atoms with Crippen LogP contribution in [-0.4, -0.2) is 39.6 Å². The second-order valence-corrected chi connectivity index (χ2v) is 10.6. The Hall–Kier alpha value is -3.90. The highest BCUT2D eigenvalue weighted by Crippen LogP contribution is 2.28. The van der Waals surface area contributed by atoms with Crippen LogP contribution in [0.1, 0.15) is 50.4 Å². The molecule has 0 saturated carbocycles. The maximum Gasteiger partial charge on any atom is 0.245 e. The minimum atomic E-state index is -0.503. The number of amides is 2. The Kier molecular flexibility index (Phi) is 8.32. The second kappa shape index (κ2) is 11.7. The number of carbonyl (C=O) groups excluding carboxylic acids is 2.